The van der Waals surface area contributed by atoms with Gasteiger partial charge in [-0.25, -0.2) is 0 Å². The Morgan fingerprint density at radius 2 is 1.56 bits per heavy atom. The maximum atomic E-state index is 10.8. The quantitative estimate of drug-likeness (QED) is 0.103. The molecule has 0 heterocycles. The number of ether oxygens (including phenoxy) is 2. The second-order valence-electron chi connectivity index (χ2n) is 9.78. The first-order valence-electron chi connectivity index (χ1n) is 13.9. The van der Waals surface area contributed by atoms with Gasteiger partial charge in [0.05, 0.1) is 20.7 Å². The largest absolute Gasteiger partial charge is 0.490 e. The van der Waals surface area contributed by atoms with E-state index in [1.165, 1.54) is 87.5 Å². The minimum atomic E-state index is -2.01. The van der Waals surface area contributed by atoms with Crippen LogP contribution >= 0.6 is 8.60 Å². The molecule has 1 aromatic carbocycles. The highest BCUT2D eigenvalue weighted by Gasteiger charge is 2.16. The van der Waals surface area contributed by atoms with Crippen LogP contribution in [0.2, 0.25) is 0 Å². The number of benzene rings is 1. The summed E-state index contributed by atoms with van der Waals surface area (Å²) in [7, 11) is 2.00. The van der Waals surface area contributed by atoms with Crippen LogP contribution in [-0.4, -0.2) is 57.9 Å². The van der Waals surface area contributed by atoms with Gasteiger partial charge in [-0.1, -0.05) is 89.7 Å². The molecule has 0 fully saturated rings. The van der Waals surface area contributed by atoms with Crippen molar-refractivity contribution in [3.63, 3.8) is 0 Å². The zero-order chi connectivity index (χ0) is 26.3. The van der Waals surface area contributed by atoms with Crippen LogP contribution in [0.15, 0.2) is 24.3 Å². The first-order chi connectivity index (χ1) is 17.5. The monoisotopic (exact) mass is 528 g/mol. The van der Waals surface area contributed by atoms with Gasteiger partial charge in [-0.05, 0) is 30.5 Å². The predicted molar refractivity (Wildman–Crippen MR) is 146 cm³/mol. The van der Waals surface area contributed by atoms with Crippen molar-refractivity contribution < 1.29 is 33.1 Å². The van der Waals surface area contributed by atoms with Crippen molar-refractivity contribution in [2.75, 3.05) is 40.5 Å². The normalized spacial score (nSPS) is 13.0. The van der Waals surface area contributed by atoms with E-state index in [0.29, 0.717) is 13.1 Å². The Morgan fingerprint density at radius 1 is 0.917 bits per heavy atom. The molecule has 0 saturated heterocycles. The van der Waals surface area contributed by atoms with Crippen molar-refractivity contribution in [3.8, 4) is 5.75 Å². The van der Waals surface area contributed by atoms with E-state index >= 15 is 0 Å². The fourth-order valence-corrected chi connectivity index (χ4v) is 4.48. The molecule has 8 heteroatoms. The molecule has 208 valence electrons. The van der Waals surface area contributed by atoms with Crippen molar-refractivity contribution in [1.82, 2.24) is 0 Å². The molecule has 1 aromatic rings. The van der Waals surface area contributed by atoms with Gasteiger partial charge in [-0.3, -0.25) is 4.79 Å². The van der Waals surface area contributed by atoms with Crippen molar-refractivity contribution in [1.29, 1.82) is 0 Å². The standard InChI is InChI=1S/C28H50NO6P/c1-4-5-6-7-8-9-10-11-12-13-14-15-17-26-18-16-19-27(22-26)32-23-28(33-25-30)24-35-36(31)34-21-20-29(2)3/h16,18-19,22,25,28,31H,4-15,17,20-21,23-24H2,1-3H3/p+1. The summed E-state index contributed by atoms with van der Waals surface area (Å²) in [6, 6.07) is 8.06. The van der Waals surface area contributed by atoms with Crippen molar-refractivity contribution >= 4 is 15.1 Å². The molecule has 2 atom stereocenters. The third-order valence-corrected chi connectivity index (χ3v) is 6.85. The van der Waals surface area contributed by atoms with E-state index in [9.17, 15) is 9.69 Å². The third kappa shape index (κ3) is 18.9. The maximum absolute atomic E-state index is 10.8. The molecular weight excluding hydrogens is 477 g/mol. The number of carbonyl (C=O) groups excluding carboxylic acids is 1. The van der Waals surface area contributed by atoms with Crippen LogP contribution < -0.4 is 9.64 Å². The number of unbranched alkanes of at least 4 members (excludes halogenated alkanes) is 11. The SMILES string of the molecule is CCCCCCCCCCCCCCc1cccc(OCC(COP(O)OCC[NH+](C)C)OC=O)c1. The molecule has 0 bridgehead atoms. The summed E-state index contributed by atoms with van der Waals surface area (Å²) < 4.78 is 21.4. The van der Waals surface area contributed by atoms with Gasteiger partial charge in [0.2, 0.25) is 0 Å². The Hall–Kier alpha value is -1.24. The molecule has 2 unspecified atom stereocenters. The average Bonchev–Trinajstić information content (AvgIpc) is 2.86. The Bertz CT molecular complexity index is 648. The van der Waals surface area contributed by atoms with Gasteiger partial charge in [-0.2, -0.15) is 0 Å². The Balaban J connectivity index is 2.19. The van der Waals surface area contributed by atoms with Crippen LogP contribution in [0.4, 0.5) is 0 Å². The average molecular weight is 529 g/mol. The molecule has 36 heavy (non-hydrogen) atoms. The van der Waals surface area contributed by atoms with Gasteiger partial charge in [0.25, 0.3) is 6.47 Å². The fourth-order valence-electron chi connectivity index (χ4n) is 3.87. The van der Waals surface area contributed by atoms with Gasteiger partial charge in [0.1, 0.15) is 25.5 Å². The predicted octanol–water partition coefficient (Wildman–Crippen LogP) is 5.25. The first kappa shape index (κ1) is 32.8. The van der Waals surface area contributed by atoms with E-state index in [1.54, 1.807) is 0 Å². The number of rotatable bonds is 25. The zero-order valence-electron chi connectivity index (χ0n) is 22.9. The van der Waals surface area contributed by atoms with Crippen LogP contribution in [0, 0.1) is 0 Å². The van der Waals surface area contributed by atoms with Gasteiger partial charge < -0.3 is 28.3 Å². The third-order valence-electron chi connectivity index (χ3n) is 6.08. The Labute approximate surface area is 220 Å². The summed E-state index contributed by atoms with van der Waals surface area (Å²) in [5.41, 5.74) is 1.25. The number of hydrogen-bond acceptors (Lipinski definition) is 6. The van der Waals surface area contributed by atoms with E-state index in [-0.39, 0.29) is 13.2 Å². The molecule has 0 aliphatic carbocycles. The highest BCUT2D eigenvalue weighted by atomic mass is 31.2. The second kappa shape index (κ2) is 22.9. The molecule has 0 amide bonds. The molecule has 2 N–H and O–H groups in total. The van der Waals surface area contributed by atoms with E-state index < -0.39 is 14.7 Å². The van der Waals surface area contributed by atoms with Crippen molar-refractivity contribution in [2.24, 2.45) is 0 Å². The van der Waals surface area contributed by atoms with Crippen LogP contribution in [0.5, 0.6) is 5.75 Å². The number of hydrogen-bond donors (Lipinski definition) is 2. The number of likely N-dealkylation sites (N-methyl/N-ethyl adjacent to an activating group) is 1. The summed E-state index contributed by atoms with van der Waals surface area (Å²) in [4.78, 5) is 21.9. The van der Waals surface area contributed by atoms with Gasteiger partial charge in [0.15, 0.2) is 6.10 Å². The van der Waals surface area contributed by atoms with E-state index in [4.69, 9.17) is 18.5 Å². The van der Waals surface area contributed by atoms with Crippen LogP contribution in [0.1, 0.15) is 89.5 Å². The summed E-state index contributed by atoms with van der Waals surface area (Å²) in [5.74, 6) is 0.738. The molecule has 0 aliphatic rings. The van der Waals surface area contributed by atoms with E-state index in [1.807, 2.05) is 32.3 Å². The topological polar surface area (TPSA) is 78.7 Å². The Kier molecular flexibility index (Phi) is 20.9. The molecular formula is C28H51NO6P+. The van der Waals surface area contributed by atoms with Crippen molar-refractivity contribution in [2.45, 2.75) is 96.5 Å². The van der Waals surface area contributed by atoms with Crippen molar-refractivity contribution in [3.05, 3.63) is 29.8 Å². The summed E-state index contributed by atoms with van der Waals surface area (Å²) in [5, 5.41) is 0. The van der Waals surface area contributed by atoms with E-state index in [0.717, 1.165) is 18.7 Å². The molecule has 0 aromatic heterocycles. The lowest BCUT2D eigenvalue weighted by molar-refractivity contribution is -0.858. The van der Waals surface area contributed by atoms with Gasteiger partial charge in [-0.15, -0.1) is 0 Å². The molecule has 0 aliphatic heterocycles. The highest BCUT2D eigenvalue weighted by molar-refractivity contribution is 7.40. The second-order valence-corrected chi connectivity index (χ2v) is 10.8. The van der Waals surface area contributed by atoms with Crippen LogP contribution in [0.3, 0.4) is 0 Å². The molecule has 0 spiro atoms. The molecule has 7 nitrogen and oxygen atoms in total. The fraction of sp³-hybridized carbons (Fsp3) is 0.750. The molecule has 0 saturated carbocycles. The van der Waals surface area contributed by atoms with Gasteiger partial charge in [0, 0.05) is 0 Å². The first-order valence-corrected chi connectivity index (χ1v) is 15.0. The summed E-state index contributed by atoms with van der Waals surface area (Å²) in [6.07, 6.45) is 16.6. The summed E-state index contributed by atoms with van der Waals surface area (Å²) in [6.45, 7) is 3.95. The number of nitrogens with one attached hydrogen (secondary N) is 1. The lowest BCUT2D eigenvalue weighted by Gasteiger charge is -2.18. The van der Waals surface area contributed by atoms with Crippen LogP contribution in [0.25, 0.3) is 0 Å². The van der Waals surface area contributed by atoms with Crippen LogP contribution in [-0.2, 0) is 25.0 Å². The minimum absolute atomic E-state index is 0.00825. The number of carbonyl (C=O) groups is 1. The molecule has 0 radical (unpaired) electrons. The lowest BCUT2D eigenvalue weighted by atomic mass is 10.0. The Morgan fingerprint density at radius 3 is 2.17 bits per heavy atom. The lowest BCUT2D eigenvalue weighted by Crippen LogP contribution is -3.06. The maximum Gasteiger partial charge on any atom is 0.330 e. The summed E-state index contributed by atoms with van der Waals surface area (Å²) >= 11 is 0. The minimum Gasteiger partial charge on any atom is -0.490 e. The molecule has 1 rings (SSSR count). The van der Waals surface area contributed by atoms with Gasteiger partial charge >= 0.3 is 8.60 Å². The number of aryl methyl sites for hydroxylation is 1. The smallest absolute Gasteiger partial charge is 0.330 e. The highest BCUT2D eigenvalue weighted by Crippen LogP contribution is 2.32. The zero-order valence-corrected chi connectivity index (χ0v) is 23.8. The number of quaternary nitrogens is 1. The van der Waals surface area contributed by atoms with E-state index in [2.05, 4.69) is 13.0 Å².